The van der Waals surface area contributed by atoms with Gasteiger partial charge in [0.2, 0.25) is 18.5 Å². The first-order chi connectivity index (χ1) is 28.5. The fraction of sp³-hybridized carbons (Fsp3) is 0.0278. The molecule has 320 valence electrons. The summed E-state index contributed by atoms with van der Waals surface area (Å²) in [6, 6.07) is 9.17. The normalized spacial score (nSPS) is 11.5. The van der Waals surface area contributed by atoms with Gasteiger partial charge in [0.15, 0.2) is 81.2 Å². The van der Waals surface area contributed by atoms with Gasteiger partial charge >= 0.3 is 0 Å². The van der Waals surface area contributed by atoms with Gasteiger partial charge in [-0.1, -0.05) is 41.9 Å². The van der Waals surface area contributed by atoms with E-state index >= 15 is 35.1 Å². The minimum atomic E-state index is -7.22. The van der Waals surface area contributed by atoms with E-state index in [0.717, 1.165) is 0 Å². The van der Waals surface area contributed by atoms with E-state index in [2.05, 4.69) is 4.98 Å². The van der Waals surface area contributed by atoms with E-state index in [1.165, 1.54) is 0 Å². The lowest BCUT2D eigenvalue weighted by Crippen LogP contribution is -2.81. The van der Waals surface area contributed by atoms with Gasteiger partial charge in [-0.25, -0.2) is 92.8 Å². The van der Waals surface area contributed by atoms with Gasteiger partial charge in [-0.15, -0.1) is 21.9 Å². The molecule has 0 saturated carbocycles. The summed E-state index contributed by atoms with van der Waals surface area (Å²) < 4.78 is 296. The number of carbonyl (C=O) groups excluding carboxylic acids is 1. The third-order valence-electron chi connectivity index (χ3n) is 8.86. The zero-order chi connectivity index (χ0) is 45.7. The number of rotatable bonds is 7. The number of Topliss-reactive ketones (excluding diaryl/α,β-unsaturated/α-hetero) is 1. The summed E-state index contributed by atoms with van der Waals surface area (Å²) in [5, 5.41) is 0.378. The number of nitrogens with zero attached hydrogens (tertiary/aromatic N) is 2. The maximum Gasteiger partial charge on any atom is 0.227 e. The molecule has 1 aromatic heterocycles. The lowest BCUT2D eigenvalue weighted by Gasteiger charge is -2.44. The molecule has 6 rings (SSSR count). The van der Waals surface area contributed by atoms with Crippen LogP contribution in [-0.4, -0.2) is 16.9 Å². The number of hydrogen-bond acceptors (Lipinski definition) is 2. The van der Waals surface area contributed by atoms with Gasteiger partial charge in [0, 0.05) is 5.56 Å². The van der Waals surface area contributed by atoms with E-state index in [1.807, 2.05) is 18.2 Å². The van der Waals surface area contributed by atoms with Crippen molar-refractivity contribution < 1.29 is 97.2 Å². The summed E-state index contributed by atoms with van der Waals surface area (Å²) in [5.41, 5.74) is -13.6. The topological polar surface area (TPSA) is 33.8 Å². The van der Waals surface area contributed by atoms with Crippen molar-refractivity contribution in [2.75, 3.05) is 0 Å². The molecule has 0 unspecified atom stereocenters. The van der Waals surface area contributed by atoms with Gasteiger partial charge in [-0.3, -0.25) is 4.79 Å². The van der Waals surface area contributed by atoms with Crippen molar-refractivity contribution in [2.24, 2.45) is 0 Å². The van der Waals surface area contributed by atoms with Crippen LogP contribution in [0.2, 0.25) is 5.15 Å². The summed E-state index contributed by atoms with van der Waals surface area (Å²) in [6.45, 7) is 0.270. The second kappa shape index (κ2) is 17.0. The first-order valence-electron chi connectivity index (χ1n) is 15.8. The molecule has 0 radical (unpaired) electrons. The second-order valence-electron chi connectivity index (χ2n) is 12.1. The van der Waals surface area contributed by atoms with Crippen molar-refractivity contribution >= 4 is 45.4 Å². The highest BCUT2D eigenvalue weighted by atomic mass is 35.5. The van der Waals surface area contributed by atoms with Crippen molar-refractivity contribution in [3.05, 3.63) is 176 Å². The van der Waals surface area contributed by atoms with Crippen LogP contribution >= 0.6 is 11.6 Å². The minimum Gasteiger partial charge on any atom is -0.287 e. The van der Waals surface area contributed by atoms with Crippen LogP contribution in [0.25, 0.3) is 0 Å². The highest BCUT2D eigenvalue weighted by Gasteiger charge is 2.52. The lowest BCUT2D eigenvalue weighted by atomic mass is 9.12. The van der Waals surface area contributed by atoms with Crippen molar-refractivity contribution in [1.82, 2.24) is 4.98 Å². The van der Waals surface area contributed by atoms with E-state index in [0.29, 0.717) is 10.7 Å². The Bertz CT molecular complexity index is 2390. The molecule has 6 aromatic rings. The molecule has 5 aromatic carbocycles. The predicted octanol–water partition coefficient (Wildman–Crippen LogP) is 7.75. The molecule has 0 N–H and O–H groups in total. The fourth-order valence-corrected chi connectivity index (χ4v) is 6.44. The maximum absolute atomic E-state index is 15.4. The average molecular weight is 913 g/mol. The average Bonchev–Trinajstić information content (AvgIpc) is 3.24. The Hall–Kier alpha value is -6.20. The molecule has 0 fully saturated rings. The molecule has 0 bridgehead atoms. The molecule has 61 heavy (non-hydrogen) atoms. The number of benzene rings is 5. The summed E-state index contributed by atoms with van der Waals surface area (Å²) in [5.74, 6) is -71.4. The highest BCUT2D eigenvalue weighted by Crippen LogP contribution is 2.30. The van der Waals surface area contributed by atoms with Crippen LogP contribution in [0.3, 0.4) is 0 Å². The van der Waals surface area contributed by atoms with E-state index in [-0.39, 0.29) is 12.3 Å². The quantitative estimate of drug-likeness (QED) is 0.0411. The molecule has 0 aliphatic carbocycles. The Labute approximate surface area is 330 Å². The van der Waals surface area contributed by atoms with E-state index in [4.69, 9.17) is 11.6 Å². The van der Waals surface area contributed by atoms with Crippen LogP contribution in [0.15, 0.2) is 48.9 Å². The maximum atomic E-state index is 15.4. The van der Waals surface area contributed by atoms with Crippen molar-refractivity contribution in [2.45, 2.75) is 6.54 Å². The fourth-order valence-electron chi connectivity index (χ4n) is 6.26. The van der Waals surface area contributed by atoms with Crippen molar-refractivity contribution in [1.29, 1.82) is 0 Å². The molecular weight excluding hydrogens is 903 g/mol. The first kappa shape index (κ1) is 45.9. The van der Waals surface area contributed by atoms with Gasteiger partial charge < -0.3 is 0 Å². The third-order valence-corrected chi connectivity index (χ3v) is 9.05. The van der Waals surface area contributed by atoms with Crippen LogP contribution in [0, 0.1) is 116 Å². The molecule has 0 spiro atoms. The molecule has 0 saturated heterocycles. The Morgan fingerprint density at radius 3 is 0.967 bits per heavy atom. The predicted molar refractivity (Wildman–Crippen MR) is 169 cm³/mol. The molecule has 25 heteroatoms. The number of carbonyl (C=O) groups is 1. The Morgan fingerprint density at radius 1 is 0.443 bits per heavy atom. The van der Waals surface area contributed by atoms with Crippen LogP contribution in [0.5, 0.6) is 0 Å². The van der Waals surface area contributed by atoms with Gasteiger partial charge in [0.05, 0.1) is 6.20 Å². The van der Waals surface area contributed by atoms with Crippen LogP contribution < -0.4 is 26.4 Å². The monoisotopic (exact) mass is 912 g/mol. The van der Waals surface area contributed by atoms with Gasteiger partial charge in [-0.2, -0.15) is 4.57 Å². The summed E-state index contributed by atoms with van der Waals surface area (Å²) >= 11 is 5.73. The number of aromatic nitrogens is 2. The third kappa shape index (κ3) is 7.39. The molecule has 0 amide bonds. The van der Waals surface area contributed by atoms with E-state index < -0.39 is 144 Å². The van der Waals surface area contributed by atoms with Crippen LogP contribution in [0.1, 0.15) is 10.4 Å². The Kier molecular flexibility index (Phi) is 12.8. The summed E-state index contributed by atoms with van der Waals surface area (Å²) in [6.07, 6.45) is -2.30. The zero-order valence-electron chi connectivity index (χ0n) is 28.6. The molecule has 0 atom stereocenters. The Morgan fingerprint density at radius 2 is 0.705 bits per heavy atom. The number of halogens is 21. The number of ketones is 1. The second-order valence-corrected chi connectivity index (χ2v) is 12.5. The van der Waals surface area contributed by atoms with E-state index in [1.54, 1.807) is 35.3 Å². The lowest BCUT2D eigenvalue weighted by molar-refractivity contribution is -0.683. The van der Waals surface area contributed by atoms with Gasteiger partial charge in [-0.05, 0) is 0 Å². The van der Waals surface area contributed by atoms with Crippen molar-refractivity contribution in [3.8, 4) is 0 Å². The standard InChI is InChI=1S/C24BF20.C12H10ClN2O/c26-5-1(6(27)14(35)21(42)13(5)34)25(2-7(28)15(36)22(43)16(37)8(2)29,3-9(30)17(38)23(44)18(39)10(3)31)4-11(32)19(40)24(45)20(41)12(4)33;13-12-9-15(7-6-14-12)8-11(16)10-4-2-1-3-5-10/h;1-7,9H,8H2/q-1;+1. The van der Waals surface area contributed by atoms with Crippen molar-refractivity contribution in [3.63, 3.8) is 0 Å². The largest absolute Gasteiger partial charge is 0.287 e. The molecular formula is C36H10BClF20N2O. The highest BCUT2D eigenvalue weighted by molar-refractivity contribution is 7.20. The van der Waals surface area contributed by atoms with Gasteiger partial charge in [0.1, 0.15) is 52.7 Å². The molecule has 3 nitrogen and oxygen atoms in total. The zero-order valence-corrected chi connectivity index (χ0v) is 29.4. The van der Waals surface area contributed by atoms with E-state index in [9.17, 15) is 57.5 Å². The van der Waals surface area contributed by atoms with Crippen LogP contribution in [-0.2, 0) is 6.54 Å². The molecule has 0 aliphatic heterocycles. The number of hydrogen-bond donors (Lipinski definition) is 0. The summed E-state index contributed by atoms with van der Waals surface area (Å²) in [4.78, 5) is 15.7. The van der Waals surface area contributed by atoms with Crippen LogP contribution in [0.4, 0.5) is 87.8 Å². The summed E-state index contributed by atoms with van der Waals surface area (Å²) in [7, 11) is 0. The van der Waals surface area contributed by atoms with Gasteiger partial charge in [0.25, 0.3) is 0 Å². The SMILES string of the molecule is Fc1c(F)c(F)c([B-](c2c(F)c(F)c(F)c(F)c2F)(c2c(F)c(F)c(F)c(F)c2F)c2c(F)c(F)c(F)c(F)c2F)c(F)c1F.O=C(C[n+]1ccnc(Cl)c1)c1ccccc1. The molecule has 1 heterocycles. The molecule has 0 aliphatic rings. The minimum absolute atomic E-state index is 0.0490. The smallest absolute Gasteiger partial charge is 0.227 e. The Balaban J connectivity index is 0.000000366. The first-order valence-corrected chi connectivity index (χ1v) is 16.2.